The Morgan fingerprint density at radius 1 is 1.25 bits per heavy atom. The molecule has 1 atom stereocenters. The molecule has 0 saturated carbocycles. The molecule has 0 spiro atoms. The average Bonchev–Trinajstić information content (AvgIpc) is 3.52. The van der Waals surface area contributed by atoms with Crippen molar-refractivity contribution in [3.63, 3.8) is 0 Å². The number of hydrogen-bond acceptors (Lipinski definition) is 14. The summed E-state index contributed by atoms with van der Waals surface area (Å²) in [6, 6.07) is 2.76. The molecule has 2 aliphatic rings. The molecule has 1 aromatic carbocycles. The van der Waals surface area contributed by atoms with Gasteiger partial charge in [0.05, 0.1) is 43.8 Å². The van der Waals surface area contributed by atoms with Crippen LogP contribution in [0.1, 0.15) is 47.4 Å². The van der Waals surface area contributed by atoms with Crippen LogP contribution < -0.4 is 35.3 Å². The zero-order valence-electron chi connectivity index (χ0n) is 32.3. The van der Waals surface area contributed by atoms with E-state index in [1.165, 1.54) is 28.6 Å². The number of amides is 1. The molecule has 55 heavy (non-hydrogen) atoms. The molecule has 2 aromatic heterocycles. The van der Waals surface area contributed by atoms with E-state index >= 15 is 0 Å². The second-order valence-corrected chi connectivity index (χ2v) is 19.3. The largest absolute Gasteiger partial charge is 0.778 e. The minimum atomic E-state index is -4.35. The van der Waals surface area contributed by atoms with Gasteiger partial charge in [-0.25, -0.2) is 9.38 Å². The molecule has 5 N–H and O–H groups in total. The Labute approximate surface area is 332 Å². The number of fused-ring (bicyclic) bond motifs is 2. The lowest BCUT2D eigenvalue weighted by atomic mass is 9.92. The maximum Gasteiger partial charge on any atom is 0.317 e. The molecule has 17 nitrogen and oxygen atoms in total. The molecule has 5 rings (SSSR count). The first kappa shape index (κ1) is 47.3. The first-order valence-electron chi connectivity index (χ1n) is 16.6. The van der Waals surface area contributed by atoms with Gasteiger partial charge in [-0.15, -0.1) is 6.42 Å². The van der Waals surface area contributed by atoms with Gasteiger partial charge in [0, 0.05) is 42.6 Å². The van der Waals surface area contributed by atoms with Crippen LogP contribution in [0, 0.1) is 23.6 Å². The van der Waals surface area contributed by atoms with Gasteiger partial charge >= 0.3 is 5.97 Å². The summed E-state index contributed by atoms with van der Waals surface area (Å²) in [5.41, 5.74) is 0.575. The number of nitrogens with zero attached hydrogens (tertiary/aromatic N) is 7. The highest BCUT2D eigenvalue weighted by atomic mass is 35.5. The Morgan fingerprint density at radius 2 is 1.89 bits per heavy atom. The lowest BCUT2D eigenvalue weighted by Gasteiger charge is -2.28. The van der Waals surface area contributed by atoms with Crippen LogP contribution in [0.25, 0.3) is 0 Å². The Hall–Kier alpha value is -3.83. The quantitative estimate of drug-likeness (QED) is 0.118. The van der Waals surface area contributed by atoms with E-state index in [9.17, 15) is 23.4 Å². The van der Waals surface area contributed by atoms with E-state index in [-0.39, 0.29) is 41.0 Å². The minimum Gasteiger partial charge on any atom is -0.778 e. The van der Waals surface area contributed by atoms with Gasteiger partial charge in [-0.05, 0) is 61.7 Å². The lowest BCUT2D eigenvalue weighted by molar-refractivity contribution is -0.193. The molecular weight excluding hydrogens is 798 g/mol. The number of aliphatic carboxylic acids is 1. The molecule has 0 fully saturated rings. The maximum absolute atomic E-state index is 14.5. The molecule has 3 aromatic rings. The number of hydrogen-bond donors (Lipinski definition) is 5. The monoisotopic (exact) mass is 846 g/mol. The topological polar surface area (TPSA) is 232 Å². The first-order chi connectivity index (χ1) is 25.4. The fourth-order valence-electron chi connectivity index (χ4n) is 4.53. The van der Waals surface area contributed by atoms with E-state index in [0.717, 1.165) is 25.3 Å². The maximum atomic E-state index is 14.5. The van der Waals surface area contributed by atoms with E-state index in [1.807, 2.05) is 37.6 Å². The molecule has 1 unspecified atom stereocenters. The van der Waals surface area contributed by atoms with Gasteiger partial charge in [0.25, 0.3) is 5.91 Å². The minimum absolute atomic E-state index is 0.0964. The van der Waals surface area contributed by atoms with Crippen LogP contribution in [0.3, 0.4) is 0 Å². The number of aromatic nitrogens is 5. The summed E-state index contributed by atoms with van der Waals surface area (Å²) in [7, 11) is -3.71. The standard InChI is InChI=1S/C18H17FN4O2S.C9H16ClN5.C3H8NO5P.C3H9S/c1-4-5-22-13-7-12(11(19)6-14(13)25-9-16(22)24)20-17-23-10-18(2,3)8-15(23)21-26-17;1-5-11-7-12-6(10)13-8(14-7)15-9(2,3)4;5-3(6)1-4-2-10(7,8)9;1-4(2)3/h1,6-7H,5,8-10H2,2-3H3;5H2,1-4H3,(H2,11,12,13,14,15);4H,1-2H2,(H,5,6)(H2,7,8,9);1-3H3/q;;;+1/p-1/b20-17-;;;. The Balaban J connectivity index is 0.000000305. The normalized spacial score (nSPS) is 15.3. The van der Waals surface area contributed by atoms with Crippen LogP contribution >= 0.6 is 30.7 Å². The highest BCUT2D eigenvalue weighted by Gasteiger charge is 2.31. The number of carbonyl (C=O) groups is 2. The molecule has 304 valence electrons. The van der Waals surface area contributed by atoms with Crippen molar-refractivity contribution in [1.82, 2.24) is 29.2 Å². The van der Waals surface area contributed by atoms with Gasteiger partial charge in [0.1, 0.15) is 24.9 Å². The van der Waals surface area contributed by atoms with Crippen molar-refractivity contribution in [3.05, 3.63) is 33.9 Å². The number of halogens is 2. The third-order valence-corrected chi connectivity index (χ3v) is 8.02. The van der Waals surface area contributed by atoms with Crippen LogP contribution in [0.2, 0.25) is 5.28 Å². The van der Waals surface area contributed by atoms with Crippen molar-refractivity contribution in [2.24, 2.45) is 10.4 Å². The van der Waals surface area contributed by atoms with Gasteiger partial charge < -0.3 is 39.4 Å². The highest BCUT2D eigenvalue weighted by molar-refractivity contribution is 7.94. The fourth-order valence-corrected chi connectivity index (χ4v) is 5.84. The molecule has 0 radical (unpaired) electrons. The smallest absolute Gasteiger partial charge is 0.317 e. The Bertz CT molecular complexity index is 1940. The number of terminal acetylenes is 1. The molecule has 22 heteroatoms. The second-order valence-electron chi connectivity index (χ2n) is 14.2. The van der Waals surface area contributed by atoms with Crippen molar-refractivity contribution in [2.75, 3.05) is 66.8 Å². The molecule has 2 aliphatic heterocycles. The lowest BCUT2D eigenvalue weighted by Crippen LogP contribution is -2.39. The van der Waals surface area contributed by atoms with Gasteiger partial charge in [0.15, 0.2) is 12.4 Å². The van der Waals surface area contributed by atoms with Crippen LogP contribution in [0.5, 0.6) is 5.75 Å². The van der Waals surface area contributed by atoms with Gasteiger partial charge in [0.2, 0.25) is 22.0 Å². The Kier molecular flexibility index (Phi) is 18.0. The van der Waals surface area contributed by atoms with Gasteiger partial charge in [-0.3, -0.25) is 19.8 Å². The van der Waals surface area contributed by atoms with Crippen molar-refractivity contribution in [1.29, 1.82) is 0 Å². The summed E-state index contributed by atoms with van der Waals surface area (Å²) in [6.07, 6.45) is 12.1. The number of benzene rings is 1. The van der Waals surface area contributed by atoms with Crippen LogP contribution in [0.15, 0.2) is 17.1 Å². The van der Waals surface area contributed by atoms with Crippen molar-refractivity contribution < 1.29 is 38.2 Å². The van der Waals surface area contributed by atoms with E-state index in [0.29, 0.717) is 39.0 Å². The second kappa shape index (κ2) is 20.9. The summed E-state index contributed by atoms with van der Waals surface area (Å²) < 4.78 is 36.3. The van der Waals surface area contributed by atoms with Crippen molar-refractivity contribution in [2.45, 2.75) is 60.0 Å². The van der Waals surface area contributed by atoms with Crippen molar-refractivity contribution >= 4 is 76.8 Å². The van der Waals surface area contributed by atoms with Gasteiger partial charge in [-0.1, -0.05) is 19.8 Å². The fraction of sp³-hybridized carbons (Fsp3) is 0.545. The first-order valence-corrected chi connectivity index (χ1v) is 22.0. The van der Waals surface area contributed by atoms with Crippen LogP contribution in [-0.2, 0) is 38.0 Å². The summed E-state index contributed by atoms with van der Waals surface area (Å²) >= 11 is 7.01. The number of rotatable bonds is 9. The number of carboxylic acid groups (broad SMARTS) is 1. The number of nitrogens with one attached hydrogen (secondary N) is 3. The molecular formula is C33H49ClFN10O7PS2. The molecule has 4 heterocycles. The third kappa shape index (κ3) is 17.2. The average molecular weight is 847 g/mol. The van der Waals surface area contributed by atoms with Gasteiger partial charge in [-0.2, -0.15) is 19.3 Å². The van der Waals surface area contributed by atoms with E-state index in [2.05, 4.69) is 73.5 Å². The third-order valence-electron chi connectivity index (χ3n) is 6.45. The van der Waals surface area contributed by atoms with Crippen LogP contribution in [-0.4, -0.2) is 103 Å². The van der Waals surface area contributed by atoms with E-state index < -0.39 is 32.2 Å². The number of carboxylic acids is 1. The van der Waals surface area contributed by atoms with Crippen molar-refractivity contribution in [3.8, 4) is 18.1 Å². The molecule has 0 bridgehead atoms. The SMILES string of the molecule is C#CCN1C(=O)COc2cc(F)c(/N=c3\snc4n3CC(C)(C)C4)cc21.CCNc1nc(Cl)nc(NC(C)(C)C)n1.C[S+](C)C.O=C(O)CNCP(=O)([O-])O. The number of anilines is 3. The predicted molar refractivity (Wildman–Crippen MR) is 214 cm³/mol. The molecule has 0 aliphatic carbocycles. The summed E-state index contributed by atoms with van der Waals surface area (Å²) in [4.78, 5) is 58.4. The number of ether oxygens (including phenoxy) is 1. The summed E-state index contributed by atoms with van der Waals surface area (Å²) in [5.74, 6) is 2.72. The summed E-state index contributed by atoms with van der Waals surface area (Å²) in [5, 5.41) is 16.3. The molecule has 0 saturated heterocycles. The van der Waals surface area contributed by atoms with E-state index in [4.69, 9.17) is 32.8 Å². The predicted octanol–water partition coefficient (Wildman–Crippen LogP) is 3.08. The zero-order chi connectivity index (χ0) is 41.7. The molecule has 1 amide bonds. The van der Waals surface area contributed by atoms with E-state index in [1.54, 1.807) is 0 Å². The number of carbonyl (C=O) groups excluding carboxylic acids is 1. The Morgan fingerprint density at radius 3 is 2.45 bits per heavy atom. The van der Waals surface area contributed by atoms with Crippen LogP contribution in [0.4, 0.5) is 27.7 Å². The summed E-state index contributed by atoms with van der Waals surface area (Å²) in [6.45, 7) is 13.4. The highest BCUT2D eigenvalue weighted by Crippen LogP contribution is 2.37. The zero-order valence-corrected chi connectivity index (χ0v) is 35.6.